The van der Waals surface area contributed by atoms with Crippen LogP contribution in [0, 0.1) is 0 Å². The van der Waals surface area contributed by atoms with Gasteiger partial charge in [-0.05, 0) is 54.3 Å². The minimum absolute atomic E-state index is 0.111. The molecule has 1 saturated heterocycles. The summed E-state index contributed by atoms with van der Waals surface area (Å²) in [4.78, 5) is 12.2. The van der Waals surface area contributed by atoms with Crippen LogP contribution in [0.5, 0.6) is 11.5 Å². The number of methoxy groups -OCH3 is 1. The highest BCUT2D eigenvalue weighted by Gasteiger charge is 2.30. The molecule has 1 unspecified atom stereocenters. The Kier molecular flexibility index (Phi) is 8.63. The molecule has 1 fully saturated rings. The van der Waals surface area contributed by atoms with Gasteiger partial charge in [0, 0.05) is 0 Å². The molecule has 1 amide bonds. The van der Waals surface area contributed by atoms with Gasteiger partial charge in [0.05, 0.1) is 35.2 Å². The number of unbranched alkanes of at least 4 members (excludes halogenated alkanes) is 1. The van der Waals surface area contributed by atoms with Gasteiger partial charge in [-0.2, -0.15) is 5.10 Å². The summed E-state index contributed by atoms with van der Waals surface area (Å²) in [5.41, 5.74) is 1.74. The van der Waals surface area contributed by atoms with Crippen LogP contribution < -0.4 is 14.8 Å². The van der Waals surface area contributed by atoms with Crippen molar-refractivity contribution < 1.29 is 14.3 Å². The van der Waals surface area contributed by atoms with E-state index in [1.54, 1.807) is 25.5 Å². The summed E-state index contributed by atoms with van der Waals surface area (Å²) in [5, 5.41) is 12.1. The number of nitrogens with one attached hydrogen (secondary N) is 1. The van der Waals surface area contributed by atoms with Crippen LogP contribution in [0.2, 0.25) is 10.0 Å². The second kappa shape index (κ2) is 11.4. The smallest absolute Gasteiger partial charge is 0.239 e. The number of amidine groups is 1. The number of hydrogen-bond donors (Lipinski definition) is 1. The van der Waals surface area contributed by atoms with Crippen molar-refractivity contribution in [1.82, 2.24) is 5.32 Å². The molecule has 2 aromatic carbocycles. The van der Waals surface area contributed by atoms with Gasteiger partial charge < -0.3 is 14.8 Å². The minimum Gasteiger partial charge on any atom is -0.493 e. The maximum Gasteiger partial charge on any atom is 0.239 e. The lowest BCUT2D eigenvalue weighted by Crippen LogP contribution is -2.25. The molecule has 1 aliphatic heterocycles. The molecule has 0 aromatic heterocycles. The van der Waals surface area contributed by atoms with E-state index in [9.17, 15) is 4.79 Å². The summed E-state index contributed by atoms with van der Waals surface area (Å²) in [6, 6.07) is 10.9. The summed E-state index contributed by atoms with van der Waals surface area (Å²) < 4.78 is 11.1. The number of hydrogen-bond acceptors (Lipinski definition) is 6. The van der Waals surface area contributed by atoms with Crippen LogP contribution in [-0.4, -0.2) is 36.3 Å². The van der Waals surface area contributed by atoms with Crippen LogP contribution in [0.15, 0.2) is 46.6 Å². The Morgan fingerprint density at radius 3 is 2.74 bits per heavy atom. The Balaban J connectivity index is 1.61. The van der Waals surface area contributed by atoms with Crippen molar-refractivity contribution in [3.63, 3.8) is 0 Å². The number of ether oxygens (including phenoxy) is 2. The van der Waals surface area contributed by atoms with E-state index in [1.165, 1.54) is 11.8 Å². The third-order valence-corrected chi connectivity index (χ3v) is 6.29. The van der Waals surface area contributed by atoms with E-state index in [0.717, 1.165) is 24.0 Å². The SMILES string of the molecule is CCCCOc1ccc(/C=N/N=C2\NC(=O)C(Cc3ccc(Cl)c(Cl)c3)S2)cc1OC. The quantitative estimate of drug-likeness (QED) is 0.299. The van der Waals surface area contributed by atoms with E-state index in [2.05, 4.69) is 22.4 Å². The molecule has 2 aromatic rings. The average molecular weight is 480 g/mol. The summed E-state index contributed by atoms with van der Waals surface area (Å²) in [7, 11) is 1.60. The fourth-order valence-corrected chi connectivity index (χ4v) is 4.11. The number of carbonyl (C=O) groups is 1. The molecule has 6 nitrogen and oxygen atoms in total. The van der Waals surface area contributed by atoms with Gasteiger partial charge in [0.2, 0.25) is 5.91 Å². The Hall–Kier alpha value is -2.22. The van der Waals surface area contributed by atoms with Crippen LogP contribution in [-0.2, 0) is 11.2 Å². The standard InChI is InChI=1S/C22H23Cl2N3O3S/c1-3-4-9-30-18-8-6-15(11-19(18)29-2)13-25-27-22-26-21(28)20(31-22)12-14-5-7-16(23)17(24)10-14/h5-8,10-11,13,20H,3-4,9,12H2,1-2H3,(H,26,27,28)/b25-13+. The minimum atomic E-state index is -0.300. The lowest BCUT2D eigenvalue weighted by molar-refractivity contribution is -0.118. The monoisotopic (exact) mass is 479 g/mol. The molecule has 164 valence electrons. The fourth-order valence-electron chi connectivity index (χ4n) is 2.83. The third kappa shape index (κ3) is 6.63. The normalized spacial score (nSPS) is 17.4. The van der Waals surface area contributed by atoms with Crippen molar-refractivity contribution in [2.75, 3.05) is 13.7 Å². The average Bonchev–Trinajstić information content (AvgIpc) is 3.10. The first kappa shape index (κ1) is 23.4. The van der Waals surface area contributed by atoms with E-state index in [1.807, 2.05) is 24.3 Å². The molecule has 1 aliphatic rings. The zero-order valence-corrected chi connectivity index (χ0v) is 19.6. The molecule has 9 heteroatoms. The number of amides is 1. The molecule has 0 saturated carbocycles. The highest BCUT2D eigenvalue weighted by Crippen LogP contribution is 2.29. The van der Waals surface area contributed by atoms with Crippen molar-refractivity contribution in [2.24, 2.45) is 10.2 Å². The number of carbonyl (C=O) groups excluding carboxylic acids is 1. The summed E-state index contributed by atoms with van der Waals surface area (Å²) >= 11 is 13.3. The first-order valence-corrected chi connectivity index (χ1v) is 11.5. The molecule has 0 aliphatic carbocycles. The topological polar surface area (TPSA) is 72.3 Å². The molecule has 1 heterocycles. The molecule has 31 heavy (non-hydrogen) atoms. The molecular weight excluding hydrogens is 457 g/mol. The van der Waals surface area contributed by atoms with Gasteiger partial charge in [-0.1, -0.05) is 54.4 Å². The molecular formula is C22H23Cl2N3O3S. The van der Waals surface area contributed by atoms with Crippen molar-refractivity contribution >= 4 is 52.3 Å². The zero-order valence-electron chi connectivity index (χ0n) is 17.2. The molecule has 0 spiro atoms. The van der Waals surface area contributed by atoms with Gasteiger partial charge in [-0.3, -0.25) is 4.79 Å². The van der Waals surface area contributed by atoms with E-state index in [-0.39, 0.29) is 11.2 Å². The van der Waals surface area contributed by atoms with E-state index in [4.69, 9.17) is 32.7 Å². The van der Waals surface area contributed by atoms with Gasteiger partial charge >= 0.3 is 0 Å². The number of nitrogens with zero attached hydrogens (tertiary/aromatic N) is 2. The highest BCUT2D eigenvalue weighted by atomic mass is 35.5. The first-order valence-electron chi connectivity index (χ1n) is 9.83. The Bertz CT molecular complexity index is 998. The largest absolute Gasteiger partial charge is 0.493 e. The molecule has 1 N–H and O–H groups in total. The highest BCUT2D eigenvalue weighted by molar-refractivity contribution is 8.15. The van der Waals surface area contributed by atoms with Crippen LogP contribution in [0.25, 0.3) is 0 Å². The lowest BCUT2D eigenvalue weighted by Gasteiger charge is -2.10. The number of rotatable bonds is 9. The Labute approximate surface area is 196 Å². The lowest BCUT2D eigenvalue weighted by atomic mass is 10.1. The van der Waals surface area contributed by atoms with Crippen molar-refractivity contribution in [3.05, 3.63) is 57.6 Å². The van der Waals surface area contributed by atoms with Gasteiger partial charge in [0.25, 0.3) is 0 Å². The third-order valence-electron chi connectivity index (χ3n) is 4.48. The summed E-state index contributed by atoms with van der Waals surface area (Å²) in [6.45, 7) is 2.76. The number of halogens is 2. The Morgan fingerprint density at radius 2 is 2.00 bits per heavy atom. The van der Waals surface area contributed by atoms with Gasteiger partial charge in [0.15, 0.2) is 16.7 Å². The number of benzene rings is 2. The van der Waals surface area contributed by atoms with Crippen molar-refractivity contribution in [1.29, 1.82) is 0 Å². The van der Waals surface area contributed by atoms with Gasteiger partial charge in [-0.25, -0.2) is 0 Å². The van der Waals surface area contributed by atoms with Crippen molar-refractivity contribution in [2.45, 2.75) is 31.4 Å². The first-order chi connectivity index (χ1) is 15.0. The maximum atomic E-state index is 12.2. The molecule has 0 bridgehead atoms. The summed E-state index contributed by atoms with van der Waals surface area (Å²) in [5.74, 6) is 1.22. The predicted molar refractivity (Wildman–Crippen MR) is 128 cm³/mol. The second-order valence-electron chi connectivity index (χ2n) is 6.81. The number of thioether (sulfide) groups is 1. The molecule has 1 atom stereocenters. The fraction of sp³-hybridized carbons (Fsp3) is 0.318. The predicted octanol–water partition coefficient (Wildman–Crippen LogP) is 5.35. The van der Waals surface area contributed by atoms with Gasteiger partial charge in [-0.15, -0.1) is 5.10 Å². The van der Waals surface area contributed by atoms with Crippen LogP contribution in [0.4, 0.5) is 0 Å². The van der Waals surface area contributed by atoms with Crippen LogP contribution in [0.3, 0.4) is 0 Å². The van der Waals surface area contributed by atoms with E-state index < -0.39 is 0 Å². The zero-order chi connectivity index (χ0) is 22.2. The van der Waals surface area contributed by atoms with E-state index in [0.29, 0.717) is 39.7 Å². The van der Waals surface area contributed by atoms with Crippen LogP contribution in [0.1, 0.15) is 30.9 Å². The van der Waals surface area contributed by atoms with Gasteiger partial charge in [0.1, 0.15) is 0 Å². The second-order valence-corrected chi connectivity index (χ2v) is 8.82. The van der Waals surface area contributed by atoms with E-state index >= 15 is 0 Å². The van der Waals surface area contributed by atoms with Crippen molar-refractivity contribution in [3.8, 4) is 11.5 Å². The maximum absolute atomic E-state index is 12.2. The molecule has 3 rings (SSSR count). The Morgan fingerprint density at radius 1 is 1.16 bits per heavy atom. The summed E-state index contributed by atoms with van der Waals surface area (Å²) in [6.07, 6.45) is 4.17. The molecule has 0 radical (unpaired) electrons. The van der Waals surface area contributed by atoms with Crippen LogP contribution >= 0.6 is 35.0 Å².